The molecular weight excluding hydrogens is 151 g/mol. The quantitative estimate of drug-likeness (QED) is 0.464. The molecule has 0 fully saturated rings. The van der Waals surface area contributed by atoms with Crippen molar-refractivity contribution in [1.29, 1.82) is 0 Å². The molecule has 0 N–H and O–H groups in total. The third-order valence-corrected chi connectivity index (χ3v) is 1.83. The minimum absolute atomic E-state index is 0.0564. The first-order valence-electron chi connectivity index (χ1n) is 3.15. The van der Waals surface area contributed by atoms with Gasteiger partial charge >= 0.3 is 5.97 Å². The van der Waals surface area contributed by atoms with Crippen LogP contribution in [0.15, 0.2) is 0 Å². The summed E-state index contributed by atoms with van der Waals surface area (Å²) in [6.07, 6.45) is 0.0564. The molecule has 0 atom stereocenters. The molecule has 3 nitrogen and oxygen atoms in total. The SMILES string of the molecule is CCOC(=O)CP(C)(C)=O. The lowest BCUT2D eigenvalue weighted by atomic mass is 10.8. The third-order valence-electron chi connectivity index (χ3n) is 0.815. The molecule has 0 aromatic heterocycles. The van der Waals surface area contributed by atoms with Crippen LogP contribution in [0.5, 0.6) is 0 Å². The maximum Gasteiger partial charge on any atom is 0.313 e. The second-order valence-corrected chi connectivity index (χ2v) is 6.00. The average Bonchev–Trinajstić information content (AvgIpc) is 1.59. The molecule has 0 heterocycles. The third kappa shape index (κ3) is 5.83. The van der Waals surface area contributed by atoms with Crippen molar-refractivity contribution in [2.75, 3.05) is 26.1 Å². The number of hydrogen-bond donors (Lipinski definition) is 0. The molecule has 0 radical (unpaired) electrons. The van der Waals surface area contributed by atoms with Gasteiger partial charge in [0.1, 0.15) is 0 Å². The van der Waals surface area contributed by atoms with E-state index in [9.17, 15) is 9.36 Å². The Morgan fingerprint density at radius 1 is 1.50 bits per heavy atom. The second-order valence-electron chi connectivity index (χ2n) is 2.54. The summed E-state index contributed by atoms with van der Waals surface area (Å²) in [6.45, 7) is 5.24. The molecule has 0 aliphatic heterocycles. The van der Waals surface area contributed by atoms with E-state index in [0.717, 1.165) is 0 Å². The van der Waals surface area contributed by atoms with Gasteiger partial charge < -0.3 is 9.30 Å². The fourth-order valence-corrected chi connectivity index (χ4v) is 1.23. The predicted octanol–water partition coefficient (Wildman–Crippen LogP) is 1.17. The Morgan fingerprint density at radius 2 is 2.00 bits per heavy atom. The van der Waals surface area contributed by atoms with Gasteiger partial charge in [-0.2, -0.15) is 0 Å². The molecule has 0 rings (SSSR count). The number of esters is 1. The Kier molecular flexibility index (Phi) is 3.66. The van der Waals surface area contributed by atoms with Gasteiger partial charge in [-0.15, -0.1) is 0 Å². The van der Waals surface area contributed by atoms with E-state index in [1.54, 1.807) is 20.3 Å². The maximum absolute atomic E-state index is 11.0. The highest BCUT2D eigenvalue weighted by Gasteiger charge is 2.13. The van der Waals surface area contributed by atoms with Gasteiger partial charge in [0.15, 0.2) is 0 Å². The van der Waals surface area contributed by atoms with Gasteiger partial charge in [0.05, 0.1) is 19.9 Å². The van der Waals surface area contributed by atoms with Gasteiger partial charge in [-0.3, -0.25) is 4.79 Å². The minimum Gasteiger partial charge on any atom is -0.466 e. The van der Waals surface area contributed by atoms with Crippen molar-refractivity contribution in [2.45, 2.75) is 6.92 Å². The smallest absolute Gasteiger partial charge is 0.313 e. The van der Waals surface area contributed by atoms with Crippen LogP contribution < -0.4 is 0 Å². The van der Waals surface area contributed by atoms with Gasteiger partial charge in [-0.05, 0) is 20.3 Å². The van der Waals surface area contributed by atoms with Gasteiger partial charge in [0.25, 0.3) is 0 Å². The molecule has 0 aliphatic rings. The van der Waals surface area contributed by atoms with E-state index < -0.39 is 7.14 Å². The fourth-order valence-electron chi connectivity index (χ4n) is 0.518. The van der Waals surface area contributed by atoms with Gasteiger partial charge in [0, 0.05) is 0 Å². The largest absolute Gasteiger partial charge is 0.466 e. The van der Waals surface area contributed by atoms with E-state index in [-0.39, 0.29) is 12.1 Å². The molecule has 0 amide bonds. The molecule has 60 valence electrons. The van der Waals surface area contributed by atoms with Crippen LogP contribution in [0.4, 0.5) is 0 Å². The summed E-state index contributed by atoms with van der Waals surface area (Å²) in [5.74, 6) is -0.365. The normalized spacial score (nSPS) is 11.1. The number of hydrogen-bond acceptors (Lipinski definition) is 3. The Labute approximate surface area is 61.1 Å². The highest BCUT2D eigenvalue weighted by molar-refractivity contribution is 7.63. The van der Waals surface area contributed by atoms with Crippen molar-refractivity contribution < 1.29 is 14.1 Å². The highest BCUT2D eigenvalue weighted by atomic mass is 31.2. The molecule has 0 spiro atoms. The zero-order valence-corrected chi connectivity index (χ0v) is 7.48. The topological polar surface area (TPSA) is 43.4 Å². The lowest BCUT2D eigenvalue weighted by molar-refractivity contribution is -0.140. The van der Waals surface area contributed by atoms with Crippen LogP contribution in [0.25, 0.3) is 0 Å². The summed E-state index contributed by atoms with van der Waals surface area (Å²) in [7, 11) is -2.23. The first kappa shape index (κ1) is 9.70. The molecule has 0 saturated heterocycles. The van der Waals surface area contributed by atoms with Crippen molar-refractivity contribution in [3.63, 3.8) is 0 Å². The number of ether oxygens (including phenoxy) is 1. The molecule has 0 unspecified atom stereocenters. The van der Waals surface area contributed by atoms with E-state index in [1.807, 2.05) is 0 Å². The van der Waals surface area contributed by atoms with Crippen LogP contribution in [0.3, 0.4) is 0 Å². The molecule has 10 heavy (non-hydrogen) atoms. The summed E-state index contributed by atoms with van der Waals surface area (Å²) < 4.78 is 15.6. The first-order chi connectivity index (χ1) is 4.45. The average molecular weight is 164 g/mol. The molecule has 0 saturated carbocycles. The summed E-state index contributed by atoms with van der Waals surface area (Å²) in [4.78, 5) is 10.7. The summed E-state index contributed by atoms with van der Waals surface area (Å²) in [6, 6.07) is 0. The van der Waals surface area contributed by atoms with Crippen LogP contribution in [0, 0.1) is 0 Å². The van der Waals surface area contributed by atoms with Crippen LogP contribution in [-0.2, 0) is 14.1 Å². The van der Waals surface area contributed by atoms with Crippen LogP contribution in [0.1, 0.15) is 6.92 Å². The fraction of sp³-hybridized carbons (Fsp3) is 0.833. The Balaban J connectivity index is 3.70. The van der Waals surface area contributed by atoms with E-state index >= 15 is 0 Å². The zero-order chi connectivity index (χ0) is 8.20. The Morgan fingerprint density at radius 3 is 2.30 bits per heavy atom. The molecule has 4 heteroatoms. The van der Waals surface area contributed by atoms with Crippen molar-refractivity contribution in [1.82, 2.24) is 0 Å². The molecule has 0 aromatic carbocycles. The second kappa shape index (κ2) is 3.77. The predicted molar refractivity (Wildman–Crippen MR) is 41.0 cm³/mol. The Hall–Kier alpha value is -0.300. The molecule has 0 aliphatic carbocycles. The van der Waals surface area contributed by atoms with Gasteiger partial charge in [-0.25, -0.2) is 0 Å². The summed E-state index contributed by atoms with van der Waals surface area (Å²) in [5.41, 5.74) is 0. The van der Waals surface area contributed by atoms with Crippen molar-refractivity contribution in [3.8, 4) is 0 Å². The van der Waals surface area contributed by atoms with E-state index in [4.69, 9.17) is 0 Å². The van der Waals surface area contributed by atoms with Crippen LogP contribution in [0.2, 0.25) is 0 Å². The standard InChI is InChI=1S/C6H13O3P/c1-4-9-6(7)5-10(2,3)8/h4-5H2,1-3H3. The number of carbonyl (C=O) groups is 1. The Bertz CT molecular complexity index is 158. The molecule has 0 aromatic rings. The lowest BCUT2D eigenvalue weighted by Crippen LogP contribution is -2.08. The van der Waals surface area contributed by atoms with Gasteiger partial charge in [0.2, 0.25) is 0 Å². The minimum atomic E-state index is -2.23. The summed E-state index contributed by atoms with van der Waals surface area (Å²) in [5, 5.41) is 0. The summed E-state index contributed by atoms with van der Waals surface area (Å²) >= 11 is 0. The monoisotopic (exact) mass is 164 g/mol. The van der Waals surface area contributed by atoms with E-state index in [1.165, 1.54) is 0 Å². The van der Waals surface area contributed by atoms with E-state index in [2.05, 4.69) is 4.74 Å². The molecule has 0 bridgehead atoms. The van der Waals surface area contributed by atoms with Crippen molar-refractivity contribution in [2.24, 2.45) is 0 Å². The first-order valence-corrected chi connectivity index (χ1v) is 5.94. The number of rotatable bonds is 3. The molecular formula is C6H13O3P. The van der Waals surface area contributed by atoms with Crippen LogP contribution in [-0.4, -0.2) is 32.1 Å². The number of carbonyl (C=O) groups excluding carboxylic acids is 1. The van der Waals surface area contributed by atoms with E-state index in [0.29, 0.717) is 6.61 Å². The van der Waals surface area contributed by atoms with Crippen molar-refractivity contribution in [3.05, 3.63) is 0 Å². The van der Waals surface area contributed by atoms with Crippen LogP contribution >= 0.6 is 7.14 Å². The highest BCUT2D eigenvalue weighted by Crippen LogP contribution is 2.35. The van der Waals surface area contributed by atoms with Gasteiger partial charge in [-0.1, -0.05) is 0 Å². The van der Waals surface area contributed by atoms with Crippen molar-refractivity contribution >= 4 is 13.1 Å². The maximum atomic E-state index is 11.0. The zero-order valence-electron chi connectivity index (χ0n) is 6.59. The lowest BCUT2D eigenvalue weighted by Gasteiger charge is -2.04.